The van der Waals surface area contributed by atoms with Gasteiger partial charge in [0.1, 0.15) is 5.78 Å². The molecule has 1 heteroatoms. The van der Waals surface area contributed by atoms with Gasteiger partial charge in [-0.05, 0) is 56.8 Å². The molecule has 3 fully saturated rings. The minimum atomic E-state index is 0.194. The fourth-order valence-corrected chi connectivity index (χ4v) is 4.04. The molecule has 0 heterocycles. The first kappa shape index (κ1) is 8.02. The standard InChI is InChI=1S/C12H18O/c1-8(13)12(4-5-12)11-7-9-2-3-10(11)6-9/h9-11H,2-7H2,1H3. The van der Waals surface area contributed by atoms with Crippen LogP contribution in [-0.2, 0) is 4.79 Å². The Morgan fingerprint density at radius 2 is 2.00 bits per heavy atom. The summed E-state index contributed by atoms with van der Waals surface area (Å²) in [6, 6.07) is 0. The number of Topliss-reactive ketones (excluding diaryl/α,β-unsaturated/α-hetero) is 1. The number of hydrogen-bond acceptors (Lipinski definition) is 1. The molecule has 1 nitrogen and oxygen atoms in total. The SMILES string of the molecule is CC(=O)C1(C2CC3CCC2C3)CC1. The lowest BCUT2D eigenvalue weighted by Gasteiger charge is -2.28. The second kappa shape index (κ2) is 2.37. The average molecular weight is 178 g/mol. The molecule has 0 aromatic rings. The first-order valence-corrected chi connectivity index (χ1v) is 5.73. The lowest BCUT2D eigenvalue weighted by molar-refractivity contribution is -0.124. The largest absolute Gasteiger partial charge is 0.299 e. The fourth-order valence-electron chi connectivity index (χ4n) is 4.04. The average Bonchev–Trinajstić information content (AvgIpc) is 2.66. The van der Waals surface area contributed by atoms with Crippen LogP contribution in [0, 0.1) is 23.2 Å². The summed E-state index contributed by atoms with van der Waals surface area (Å²) in [7, 11) is 0. The molecular weight excluding hydrogens is 160 g/mol. The number of rotatable bonds is 2. The second-order valence-electron chi connectivity index (χ2n) is 5.49. The molecule has 0 aromatic heterocycles. The van der Waals surface area contributed by atoms with Crippen LogP contribution in [-0.4, -0.2) is 5.78 Å². The number of hydrogen-bond donors (Lipinski definition) is 0. The molecule has 3 unspecified atom stereocenters. The molecule has 3 atom stereocenters. The van der Waals surface area contributed by atoms with Gasteiger partial charge in [0.15, 0.2) is 0 Å². The Balaban J connectivity index is 1.83. The Bertz CT molecular complexity index is 252. The Labute approximate surface area is 79.9 Å². The Kier molecular flexibility index (Phi) is 1.46. The molecule has 72 valence electrons. The topological polar surface area (TPSA) is 17.1 Å². The number of carbonyl (C=O) groups excluding carboxylic acids is 1. The van der Waals surface area contributed by atoms with Crippen LogP contribution in [0.4, 0.5) is 0 Å². The second-order valence-corrected chi connectivity index (χ2v) is 5.49. The molecule has 13 heavy (non-hydrogen) atoms. The zero-order valence-electron chi connectivity index (χ0n) is 8.38. The predicted octanol–water partition coefficient (Wildman–Crippen LogP) is 2.79. The van der Waals surface area contributed by atoms with Crippen LogP contribution in [0.15, 0.2) is 0 Å². The minimum absolute atomic E-state index is 0.194. The van der Waals surface area contributed by atoms with E-state index in [0.717, 1.165) is 17.8 Å². The number of ketones is 1. The van der Waals surface area contributed by atoms with Crippen LogP contribution >= 0.6 is 0 Å². The van der Waals surface area contributed by atoms with E-state index >= 15 is 0 Å². The van der Waals surface area contributed by atoms with E-state index in [1.165, 1.54) is 38.5 Å². The van der Waals surface area contributed by atoms with Crippen molar-refractivity contribution < 1.29 is 4.79 Å². The van der Waals surface area contributed by atoms with Gasteiger partial charge in [-0.2, -0.15) is 0 Å². The number of fused-ring (bicyclic) bond motifs is 2. The quantitative estimate of drug-likeness (QED) is 0.635. The van der Waals surface area contributed by atoms with E-state index in [9.17, 15) is 4.79 Å². The van der Waals surface area contributed by atoms with Crippen molar-refractivity contribution in [2.24, 2.45) is 23.2 Å². The summed E-state index contributed by atoms with van der Waals surface area (Å²) in [6.07, 6.45) is 8.11. The molecule has 0 radical (unpaired) electrons. The van der Waals surface area contributed by atoms with E-state index in [4.69, 9.17) is 0 Å². The summed E-state index contributed by atoms with van der Waals surface area (Å²) in [5, 5.41) is 0. The van der Waals surface area contributed by atoms with Crippen molar-refractivity contribution in [3.05, 3.63) is 0 Å². The van der Waals surface area contributed by atoms with Gasteiger partial charge in [0.05, 0.1) is 0 Å². The van der Waals surface area contributed by atoms with E-state index in [2.05, 4.69) is 0 Å². The smallest absolute Gasteiger partial charge is 0.136 e. The normalized spacial score (nSPS) is 45.2. The van der Waals surface area contributed by atoms with E-state index < -0.39 is 0 Å². The zero-order valence-corrected chi connectivity index (χ0v) is 8.38. The van der Waals surface area contributed by atoms with E-state index in [1.807, 2.05) is 6.92 Å². The monoisotopic (exact) mass is 178 g/mol. The summed E-state index contributed by atoms with van der Waals surface area (Å²) >= 11 is 0. The summed E-state index contributed by atoms with van der Waals surface area (Å²) in [5.41, 5.74) is 0.194. The van der Waals surface area contributed by atoms with Gasteiger partial charge >= 0.3 is 0 Å². The highest BCUT2D eigenvalue weighted by molar-refractivity contribution is 5.85. The van der Waals surface area contributed by atoms with Gasteiger partial charge in [-0.25, -0.2) is 0 Å². The highest BCUT2D eigenvalue weighted by Crippen LogP contribution is 2.64. The van der Waals surface area contributed by atoms with Gasteiger partial charge in [0.25, 0.3) is 0 Å². The molecule has 0 spiro atoms. The van der Waals surface area contributed by atoms with Crippen molar-refractivity contribution in [2.45, 2.75) is 45.4 Å². The minimum Gasteiger partial charge on any atom is -0.299 e. The third-order valence-corrected chi connectivity index (χ3v) is 4.94. The Morgan fingerprint density at radius 1 is 1.23 bits per heavy atom. The highest BCUT2D eigenvalue weighted by atomic mass is 16.1. The molecule has 3 saturated carbocycles. The third kappa shape index (κ3) is 0.963. The summed E-state index contributed by atoms with van der Waals surface area (Å²) in [4.78, 5) is 11.6. The maximum atomic E-state index is 11.6. The fraction of sp³-hybridized carbons (Fsp3) is 0.917. The van der Waals surface area contributed by atoms with Crippen molar-refractivity contribution in [2.75, 3.05) is 0 Å². The van der Waals surface area contributed by atoms with E-state index in [0.29, 0.717) is 5.78 Å². The number of carbonyl (C=O) groups is 1. The van der Waals surface area contributed by atoms with Crippen molar-refractivity contribution in [1.82, 2.24) is 0 Å². The van der Waals surface area contributed by atoms with E-state index in [-0.39, 0.29) is 5.41 Å². The van der Waals surface area contributed by atoms with E-state index in [1.54, 1.807) is 0 Å². The van der Waals surface area contributed by atoms with Gasteiger partial charge in [-0.3, -0.25) is 4.79 Å². The van der Waals surface area contributed by atoms with Crippen LogP contribution < -0.4 is 0 Å². The Hall–Kier alpha value is -0.330. The lowest BCUT2D eigenvalue weighted by atomic mass is 9.75. The first-order chi connectivity index (χ1) is 6.22. The molecule has 3 rings (SSSR count). The molecule has 0 aliphatic heterocycles. The first-order valence-electron chi connectivity index (χ1n) is 5.73. The van der Waals surface area contributed by atoms with Crippen molar-refractivity contribution in [3.63, 3.8) is 0 Å². The van der Waals surface area contributed by atoms with Crippen LogP contribution in [0.5, 0.6) is 0 Å². The summed E-state index contributed by atoms with van der Waals surface area (Å²) < 4.78 is 0. The maximum absolute atomic E-state index is 11.6. The summed E-state index contributed by atoms with van der Waals surface area (Å²) in [6.45, 7) is 1.82. The van der Waals surface area contributed by atoms with Crippen LogP contribution in [0.25, 0.3) is 0 Å². The molecule has 3 aliphatic carbocycles. The molecule has 0 aromatic carbocycles. The molecule has 2 bridgehead atoms. The van der Waals surface area contributed by atoms with Gasteiger partial charge in [0, 0.05) is 5.41 Å². The molecule has 3 aliphatic rings. The predicted molar refractivity (Wildman–Crippen MR) is 51.3 cm³/mol. The van der Waals surface area contributed by atoms with Gasteiger partial charge in [-0.15, -0.1) is 0 Å². The third-order valence-electron chi connectivity index (χ3n) is 4.94. The van der Waals surface area contributed by atoms with Crippen molar-refractivity contribution >= 4 is 5.78 Å². The van der Waals surface area contributed by atoms with Gasteiger partial charge in [0.2, 0.25) is 0 Å². The maximum Gasteiger partial charge on any atom is 0.136 e. The molecular formula is C12H18O. The molecule has 0 amide bonds. The van der Waals surface area contributed by atoms with Gasteiger partial charge in [-0.1, -0.05) is 6.42 Å². The van der Waals surface area contributed by atoms with Crippen LogP contribution in [0.1, 0.15) is 45.4 Å². The molecule has 0 N–H and O–H groups in total. The Morgan fingerprint density at radius 3 is 2.38 bits per heavy atom. The molecule has 0 saturated heterocycles. The van der Waals surface area contributed by atoms with Gasteiger partial charge < -0.3 is 0 Å². The van der Waals surface area contributed by atoms with Crippen molar-refractivity contribution in [1.29, 1.82) is 0 Å². The summed E-state index contributed by atoms with van der Waals surface area (Å²) in [5.74, 6) is 3.21. The lowest BCUT2D eigenvalue weighted by Crippen LogP contribution is -2.27. The van der Waals surface area contributed by atoms with Crippen molar-refractivity contribution in [3.8, 4) is 0 Å². The van der Waals surface area contributed by atoms with Crippen LogP contribution in [0.3, 0.4) is 0 Å². The highest BCUT2D eigenvalue weighted by Gasteiger charge is 2.59. The zero-order chi connectivity index (χ0) is 9.05. The van der Waals surface area contributed by atoms with Crippen LogP contribution in [0.2, 0.25) is 0 Å².